The molecule has 132 valence electrons. The van der Waals surface area contributed by atoms with Crippen LogP contribution in [0, 0.1) is 20.8 Å². The third-order valence-corrected chi connectivity index (χ3v) is 3.89. The van der Waals surface area contributed by atoms with Gasteiger partial charge in [0.2, 0.25) is 0 Å². The molecule has 0 saturated heterocycles. The van der Waals surface area contributed by atoms with E-state index in [4.69, 9.17) is 4.74 Å². The number of hydrogen-bond acceptors (Lipinski definition) is 3. The molecule has 5 heteroatoms. The van der Waals surface area contributed by atoms with Gasteiger partial charge in [0.25, 0.3) is 11.8 Å². The number of ether oxygens (including phenoxy) is 1. The average Bonchev–Trinajstić information content (AvgIpc) is 2.60. The van der Waals surface area contributed by atoms with E-state index in [-0.39, 0.29) is 18.4 Å². The second-order valence-electron chi connectivity index (χ2n) is 6.01. The third kappa shape index (κ3) is 5.95. The fraction of sp³-hybridized carbons (Fsp3) is 0.300. The van der Waals surface area contributed by atoms with Gasteiger partial charge in [0.15, 0.2) is 6.61 Å². The molecule has 0 aliphatic carbocycles. The van der Waals surface area contributed by atoms with Gasteiger partial charge in [0, 0.05) is 18.7 Å². The highest BCUT2D eigenvalue weighted by molar-refractivity contribution is 5.94. The first kappa shape index (κ1) is 18.5. The van der Waals surface area contributed by atoms with Crippen LogP contribution in [0.2, 0.25) is 0 Å². The van der Waals surface area contributed by atoms with Crippen LogP contribution in [0.4, 0.5) is 0 Å². The summed E-state index contributed by atoms with van der Waals surface area (Å²) in [5.41, 5.74) is 3.99. The Hall–Kier alpha value is -2.82. The Morgan fingerprint density at radius 1 is 0.880 bits per heavy atom. The first-order chi connectivity index (χ1) is 12.0. The van der Waals surface area contributed by atoms with Crippen molar-refractivity contribution in [1.82, 2.24) is 10.6 Å². The van der Waals surface area contributed by atoms with Gasteiger partial charge in [0.1, 0.15) is 5.75 Å². The predicted octanol–water partition coefficient (Wildman–Crippen LogP) is 2.54. The highest BCUT2D eigenvalue weighted by atomic mass is 16.5. The van der Waals surface area contributed by atoms with Crippen LogP contribution in [-0.2, 0) is 4.79 Å². The molecule has 0 aliphatic rings. The van der Waals surface area contributed by atoms with Crippen molar-refractivity contribution in [2.45, 2.75) is 20.8 Å². The maximum absolute atomic E-state index is 12.0. The second-order valence-corrected chi connectivity index (χ2v) is 6.01. The molecule has 0 radical (unpaired) electrons. The van der Waals surface area contributed by atoms with Crippen LogP contribution in [-0.4, -0.2) is 31.5 Å². The summed E-state index contributed by atoms with van der Waals surface area (Å²) in [5, 5.41) is 5.50. The van der Waals surface area contributed by atoms with Crippen molar-refractivity contribution in [1.29, 1.82) is 0 Å². The minimum absolute atomic E-state index is 0.0475. The van der Waals surface area contributed by atoms with E-state index < -0.39 is 0 Å². The van der Waals surface area contributed by atoms with E-state index in [1.165, 1.54) is 0 Å². The first-order valence-electron chi connectivity index (χ1n) is 8.27. The molecule has 0 aliphatic heterocycles. The van der Waals surface area contributed by atoms with Gasteiger partial charge >= 0.3 is 0 Å². The fourth-order valence-electron chi connectivity index (χ4n) is 2.20. The number of carbonyl (C=O) groups excluding carboxylic acids is 2. The molecule has 5 nitrogen and oxygen atoms in total. The maximum Gasteiger partial charge on any atom is 0.258 e. The fourth-order valence-corrected chi connectivity index (χ4v) is 2.20. The first-order valence-corrected chi connectivity index (χ1v) is 8.27. The Kier molecular flexibility index (Phi) is 6.57. The second kappa shape index (κ2) is 8.87. The molecule has 0 unspecified atom stereocenters. The van der Waals surface area contributed by atoms with Crippen molar-refractivity contribution >= 4 is 11.8 Å². The molecular weight excluding hydrogens is 316 g/mol. The summed E-state index contributed by atoms with van der Waals surface area (Å²) in [4.78, 5) is 23.8. The smallest absolute Gasteiger partial charge is 0.258 e. The molecule has 2 rings (SSSR count). The molecule has 0 bridgehead atoms. The number of benzene rings is 2. The van der Waals surface area contributed by atoms with E-state index in [2.05, 4.69) is 10.6 Å². The molecule has 2 amide bonds. The summed E-state index contributed by atoms with van der Waals surface area (Å²) in [5.74, 6) is 0.290. The standard InChI is InChI=1S/C20H24N2O3/c1-14-4-8-18(9-5-14)25-13-19(23)21-10-11-22-20(24)17-7-6-15(2)16(3)12-17/h4-9,12H,10-11,13H2,1-3H3,(H,21,23)(H,22,24). The van der Waals surface area contributed by atoms with E-state index in [9.17, 15) is 9.59 Å². The van der Waals surface area contributed by atoms with E-state index >= 15 is 0 Å². The van der Waals surface area contributed by atoms with Crippen LogP contribution in [0.5, 0.6) is 5.75 Å². The van der Waals surface area contributed by atoms with Crippen molar-refractivity contribution in [3.05, 3.63) is 64.7 Å². The third-order valence-electron chi connectivity index (χ3n) is 3.89. The lowest BCUT2D eigenvalue weighted by Gasteiger charge is -2.09. The molecule has 0 atom stereocenters. The Morgan fingerprint density at radius 2 is 1.56 bits per heavy atom. The largest absolute Gasteiger partial charge is 0.484 e. The number of rotatable bonds is 7. The van der Waals surface area contributed by atoms with E-state index in [1.54, 1.807) is 6.07 Å². The summed E-state index contributed by atoms with van der Waals surface area (Å²) in [6.07, 6.45) is 0. The van der Waals surface area contributed by atoms with Gasteiger partial charge in [-0.15, -0.1) is 0 Å². The summed E-state index contributed by atoms with van der Waals surface area (Å²) in [7, 11) is 0. The van der Waals surface area contributed by atoms with Gasteiger partial charge in [-0.25, -0.2) is 0 Å². The molecule has 25 heavy (non-hydrogen) atoms. The molecule has 0 aromatic heterocycles. The van der Waals surface area contributed by atoms with E-state index in [1.807, 2.05) is 57.2 Å². The summed E-state index contributed by atoms with van der Waals surface area (Å²) < 4.78 is 5.40. The number of hydrogen-bond donors (Lipinski definition) is 2. The number of nitrogens with one attached hydrogen (secondary N) is 2. The van der Waals surface area contributed by atoms with E-state index in [0.717, 1.165) is 16.7 Å². The minimum atomic E-state index is -0.221. The van der Waals surface area contributed by atoms with Gasteiger partial charge in [-0.3, -0.25) is 9.59 Å². The quantitative estimate of drug-likeness (QED) is 0.761. The Bertz CT molecular complexity index is 739. The Morgan fingerprint density at radius 3 is 2.24 bits per heavy atom. The van der Waals surface area contributed by atoms with Crippen molar-refractivity contribution in [2.24, 2.45) is 0 Å². The normalized spacial score (nSPS) is 10.2. The zero-order valence-electron chi connectivity index (χ0n) is 14.9. The van der Waals surface area contributed by atoms with Gasteiger partial charge in [-0.05, 0) is 56.2 Å². The van der Waals surface area contributed by atoms with Crippen LogP contribution in [0.15, 0.2) is 42.5 Å². The Labute approximate surface area is 148 Å². The van der Waals surface area contributed by atoms with Gasteiger partial charge < -0.3 is 15.4 Å². The summed E-state index contributed by atoms with van der Waals surface area (Å²) >= 11 is 0. The number of aryl methyl sites for hydroxylation is 3. The molecule has 0 spiro atoms. The van der Waals surface area contributed by atoms with Crippen LogP contribution in [0.1, 0.15) is 27.0 Å². The minimum Gasteiger partial charge on any atom is -0.484 e. The molecule has 0 heterocycles. The lowest BCUT2D eigenvalue weighted by atomic mass is 10.1. The van der Waals surface area contributed by atoms with Gasteiger partial charge in [0.05, 0.1) is 0 Å². The van der Waals surface area contributed by atoms with E-state index in [0.29, 0.717) is 24.4 Å². The van der Waals surface area contributed by atoms with Crippen molar-refractivity contribution in [2.75, 3.05) is 19.7 Å². The molecule has 2 aromatic rings. The monoisotopic (exact) mass is 340 g/mol. The molecule has 2 N–H and O–H groups in total. The predicted molar refractivity (Wildman–Crippen MR) is 97.9 cm³/mol. The average molecular weight is 340 g/mol. The summed E-state index contributed by atoms with van der Waals surface area (Å²) in [6, 6.07) is 13.1. The summed E-state index contributed by atoms with van der Waals surface area (Å²) in [6.45, 7) is 6.64. The van der Waals surface area contributed by atoms with Gasteiger partial charge in [-0.2, -0.15) is 0 Å². The molecular formula is C20H24N2O3. The van der Waals surface area contributed by atoms with Crippen molar-refractivity contribution in [3.63, 3.8) is 0 Å². The zero-order valence-corrected chi connectivity index (χ0v) is 14.9. The molecule has 2 aromatic carbocycles. The van der Waals surface area contributed by atoms with Crippen LogP contribution >= 0.6 is 0 Å². The van der Waals surface area contributed by atoms with Crippen molar-refractivity contribution in [3.8, 4) is 5.75 Å². The highest BCUT2D eigenvalue weighted by Crippen LogP contribution is 2.11. The van der Waals surface area contributed by atoms with Gasteiger partial charge in [-0.1, -0.05) is 23.8 Å². The van der Waals surface area contributed by atoms with Crippen LogP contribution in [0.3, 0.4) is 0 Å². The van der Waals surface area contributed by atoms with Crippen molar-refractivity contribution < 1.29 is 14.3 Å². The lowest BCUT2D eigenvalue weighted by Crippen LogP contribution is -2.36. The topological polar surface area (TPSA) is 67.4 Å². The zero-order chi connectivity index (χ0) is 18.2. The Balaban J connectivity index is 1.66. The number of carbonyl (C=O) groups is 2. The molecule has 0 fully saturated rings. The maximum atomic E-state index is 12.0. The molecule has 0 saturated carbocycles. The lowest BCUT2D eigenvalue weighted by molar-refractivity contribution is -0.123. The van der Waals surface area contributed by atoms with Crippen LogP contribution < -0.4 is 15.4 Å². The number of amides is 2. The van der Waals surface area contributed by atoms with Crippen LogP contribution in [0.25, 0.3) is 0 Å². The SMILES string of the molecule is Cc1ccc(OCC(=O)NCCNC(=O)c2ccc(C)c(C)c2)cc1. The highest BCUT2D eigenvalue weighted by Gasteiger charge is 2.07.